The fourth-order valence-electron chi connectivity index (χ4n) is 2.41. The molecule has 0 aliphatic rings. The van der Waals surface area contributed by atoms with Gasteiger partial charge in [0.2, 0.25) is 0 Å². The zero-order valence-electron chi connectivity index (χ0n) is 13.7. The van der Waals surface area contributed by atoms with Crippen molar-refractivity contribution in [3.63, 3.8) is 0 Å². The molecule has 0 bridgehead atoms. The standard InChI is InChI=1S/C18H15F2NO3S2/c1-24-15-7-5-14(6-8-15)21(12-16-3-2-10-25-16)26(22,23)18-9-4-13(19)11-17(18)20/h2-11H,12H2,1H3. The van der Waals surface area contributed by atoms with Crippen LogP contribution in [-0.4, -0.2) is 15.5 Å². The largest absolute Gasteiger partial charge is 0.497 e. The Labute approximate surface area is 154 Å². The summed E-state index contributed by atoms with van der Waals surface area (Å²) in [7, 11) is -2.74. The number of nitrogens with zero attached hydrogens (tertiary/aromatic N) is 1. The summed E-state index contributed by atoms with van der Waals surface area (Å²) in [5.74, 6) is -1.40. The monoisotopic (exact) mass is 395 g/mol. The average molecular weight is 395 g/mol. The summed E-state index contributed by atoms with van der Waals surface area (Å²) >= 11 is 1.39. The summed E-state index contributed by atoms with van der Waals surface area (Å²) in [6.45, 7) is 0.0309. The Morgan fingerprint density at radius 2 is 1.81 bits per heavy atom. The van der Waals surface area contributed by atoms with Gasteiger partial charge in [0.05, 0.1) is 19.3 Å². The third kappa shape index (κ3) is 3.71. The van der Waals surface area contributed by atoms with Crippen molar-refractivity contribution in [3.05, 3.63) is 76.5 Å². The molecule has 2 aromatic carbocycles. The van der Waals surface area contributed by atoms with Crippen molar-refractivity contribution in [1.82, 2.24) is 0 Å². The van der Waals surface area contributed by atoms with Crippen LogP contribution in [0.1, 0.15) is 4.88 Å². The van der Waals surface area contributed by atoms with Crippen LogP contribution < -0.4 is 9.04 Å². The Morgan fingerprint density at radius 1 is 1.08 bits per heavy atom. The Morgan fingerprint density at radius 3 is 2.38 bits per heavy atom. The van der Waals surface area contributed by atoms with Crippen LogP contribution in [0, 0.1) is 11.6 Å². The van der Waals surface area contributed by atoms with E-state index in [0.717, 1.165) is 21.3 Å². The second-order valence-corrected chi connectivity index (χ2v) is 8.23. The van der Waals surface area contributed by atoms with E-state index in [4.69, 9.17) is 4.74 Å². The lowest BCUT2D eigenvalue weighted by molar-refractivity contribution is 0.415. The van der Waals surface area contributed by atoms with E-state index in [9.17, 15) is 17.2 Å². The highest BCUT2D eigenvalue weighted by atomic mass is 32.2. The maximum absolute atomic E-state index is 14.2. The highest BCUT2D eigenvalue weighted by Gasteiger charge is 2.28. The molecule has 0 aliphatic heterocycles. The minimum Gasteiger partial charge on any atom is -0.497 e. The van der Waals surface area contributed by atoms with E-state index in [1.165, 1.54) is 18.4 Å². The predicted molar refractivity (Wildman–Crippen MR) is 97.0 cm³/mol. The third-order valence-electron chi connectivity index (χ3n) is 3.70. The number of methoxy groups -OCH3 is 1. The zero-order chi connectivity index (χ0) is 18.7. The zero-order valence-corrected chi connectivity index (χ0v) is 15.4. The number of ether oxygens (including phenoxy) is 1. The maximum Gasteiger partial charge on any atom is 0.267 e. The molecule has 3 rings (SSSR count). The molecule has 0 amide bonds. The van der Waals surface area contributed by atoms with Gasteiger partial charge in [0.25, 0.3) is 10.0 Å². The van der Waals surface area contributed by atoms with E-state index in [1.54, 1.807) is 36.4 Å². The highest BCUT2D eigenvalue weighted by molar-refractivity contribution is 7.92. The van der Waals surface area contributed by atoms with Crippen LogP contribution in [0.15, 0.2) is 64.9 Å². The Hall–Kier alpha value is -2.45. The van der Waals surface area contributed by atoms with Gasteiger partial charge >= 0.3 is 0 Å². The molecule has 0 unspecified atom stereocenters. The van der Waals surface area contributed by atoms with Crippen molar-refractivity contribution in [1.29, 1.82) is 0 Å². The molecule has 1 aromatic heterocycles. The van der Waals surface area contributed by atoms with Crippen LogP contribution in [0.5, 0.6) is 5.75 Å². The molecule has 0 spiro atoms. The minimum atomic E-state index is -4.24. The second-order valence-electron chi connectivity index (χ2n) is 5.36. The van der Waals surface area contributed by atoms with Gasteiger partial charge in [-0.1, -0.05) is 6.07 Å². The van der Waals surface area contributed by atoms with Gasteiger partial charge in [-0.2, -0.15) is 0 Å². The number of sulfonamides is 1. The first-order valence-corrected chi connectivity index (χ1v) is 9.88. The second kappa shape index (κ2) is 7.43. The number of hydrogen-bond donors (Lipinski definition) is 0. The number of thiophene rings is 1. The Kier molecular flexibility index (Phi) is 5.24. The summed E-state index contributed by atoms with van der Waals surface area (Å²) in [6.07, 6.45) is 0. The first kappa shape index (κ1) is 18.3. The van der Waals surface area contributed by atoms with Crippen molar-refractivity contribution in [2.45, 2.75) is 11.4 Å². The molecule has 1 heterocycles. The molecule has 136 valence electrons. The van der Waals surface area contributed by atoms with Gasteiger partial charge in [0.15, 0.2) is 0 Å². The van der Waals surface area contributed by atoms with Crippen molar-refractivity contribution < 1.29 is 21.9 Å². The highest BCUT2D eigenvalue weighted by Crippen LogP contribution is 2.30. The van der Waals surface area contributed by atoms with E-state index < -0.39 is 26.6 Å². The molecule has 0 aliphatic carbocycles. The molecule has 4 nitrogen and oxygen atoms in total. The molecule has 0 N–H and O–H groups in total. The van der Waals surface area contributed by atoms with Crippen LogP contribution in [0.4, 0.5) is 14.5 Å². The van der Waals surface area contributed by atoms with E-state index >= 15 is 0 Å². The number of anilines is 1. The topological polar surface area (TPSA) is 46.6 Å². The van der Waals surface area contributed by atoms with Crippen LogP contribution in [0.2, 0.25) is 0 Å². The molecule has 0 saturated carbocycles. The number of benzene rings is 2. The SMILES string of the molecule is COc1ccc(N(Cc2cccs2)S(=O)(=O)c2ccc(F)cc2F)cc1. The van der Waals surface area contributed by atoms with E-state index in [-0.39, 0.29) is 6.54 Å². The van der Waals surface area contributed by atoms with Gasteiger partial charge in [0.1, 0.15) is 22.3 Å². The van der Waals surface area contributed by atoms with E-state index in [2.05, 4.69) is 0 Å². The van der Waals surface area contributed by atoms with Crippen LogP contribution >= 0.6 is 11.3 Å². The molecular weight excluding hydrogens is 380 g/mol. The van der Waals surface area contributed by atoms with Gasteiger partial charge in [-0.05, 0) is 47.8 Å². The molecule has 0 radical (unpaired) electrons. The molecule has 0 fully saturated rings. The molecule has 0 saturated heterocycles. The first-order valence-electron chi connectivity index (χ1n) is 7.56. The quantitative estimate of drug-likeness (QED) is 0.620. The summed E-state index contributed by atoms with van der Waals surface area (Å²) < 4.78 is 59.7. The molecule has 3 aromatic rings. The molecule has 0 atom stereocenters. The van der Waals surface area contributed by atoms with E-state index in [0.29, 0.717) is 17.5 Å². The summed E-state index contributed by atoms with van der Waals surface area (Å²) in [5, 5.41) is 1.83. The summed E-state index contributed by atoms with van der Waals surface area (Å²) in [5.41, 5.74) is 0.350. The van der Waals surface area contributed by atoms with Gasteiger partial charge in [-0.15, -0.1) is 11.3 Å². The lowest BCUT2D eigenvalue weighted by Gasteiger charge is -2.24. The van der Waals surface area contributed by atoms with Gasteiger partial charge < -0.3 is 4.74 Å². The van der Waals surface area contributed by atoms with Crippen LogP contribution in [0.3, 0.4) is 0 Å². The summed E-state index contributed by atoms with van der Waals surface area (Å²) in [4.78, 5) is 0.207. The average Bonchev–Trinajstić information content (AvgIpc) is 3.12. The fraction of sp³-hybridized carbons (Fsp3) is 0.111. The molecule has 26 heavy (non-hydrogen) atoms. The van der Waals surface area contributed by atoms with Crippen molar-refractivity contribution in [2.24, 2.45) is 0 Å². The van der Waals surface area contributed by atoms with E-state index in [1.807, 2.05) is 5.38 Å². The lowest BCUT2D eigenvalue weighted by Crippen LogP contribution is -2.31. The fourth-order valence-corrected chi connectivity index (χ4v) is 4.68. The van der Waals surface area contributed by atoms with Crippen LogP contribution in [-0.2, 0) is 16.6 Å². The molecule has 8 heteroatoms. The number of rotatable bonds is 6. The smallest absolute Gasteiger partial charge is 0.267 e. The van der Waals surface area contributed by atoms with Crippen molar-refractivity contribution in [2.75, 3.05) is 11.4 Å². The maximum atomic E-state index is 14.2. The van der Waals surface area contributed by atoms with Crippen LogP contribution in [0.25, 0.3) is 0 Å². The van der Waals surface area contributed by atoms with Crippen molar-refractivity contribution in [3.8, 4) is 5.75 Å². The van der Waals surface area contributed by atoms with Gasteiger partial charge in [-0.3, -0.25) is 4.31 Å². The Balaban J connectivity index is 2.08. The normalized spacial score (nSPS) is 11.3. The predicted octanol–water partition coefficient (Wildman–Crippen LogP) is 4.43. The summed E-state index contributed by atoms with van der Waals surface area (Å²) in [6, 6.07) is 12.4. The molecular formula is C18H15F2NO3S2. The number of hydrogen-bond acceptors (Lipinski definition) is 4. The van der Waals surface area contributed by atoms with Gasteiger partial charge in [-0.25, -0.2) is 17.2 Å². The first-order chi connectivity index (χ1) is 12.4. The minimum absolute atomic E-state index is 0.0309. The number of halogens is 2. The Bertz CT molecular complexity index is 988. The third-order valence-corrected chi connectivity index (χ3v) is 6.37. The van der Waals surface area contributed by atoms with Gasteiger partial charge in [0, 0.05) is 10.9 Å². The van der Waals surface area contributed by atoms with Crippen molar-refractivity contribution >= 4 is 27.0 Å². The lowest BCUT2D eigenvalue weighted by atomic mass is 10.3.